The van der Waals surface area contributed by atoms with Crippen molar-refractivity contribution in [2.45, 2.75) is 13.8 Å². The van der Waals surface area contributed by atoms with Crippen LogP contribution in [0.3, 0.4) is 0 Å². The van der Waals surface area contributed by atoms with Gasteiger partial charge in [-0.15, -0.1) is 0 Å². The van der Waals surface area contributed by atoms with Gasteiger partial charge in [-0.3, -0.25) is 9.36 Å². The lowest BCUT2D eigenvalue weighted by atomic mass is 10.1. The molecule has 5 aromatic rings. The first kappa shape index (κ1) is 20.5. The van der Waals surface area contributed by atoms with E-state index < -0.39 is 0 Å². The van der Waals surface area contributed by atoms with Crippen molar-refractivity contribution >= 4 is 39.6 Å². The number of amides is 1. The van der Waals surface area contributed by atoms with E-state index in [9.17, 15) is 4.79 Å². The van der Waals surface area contributed by atoms with Crippen molar-refractivity contribution in [3.05, 3.63) is 83.4 Å². The number of nitrogens with two attached hydrogens (primary N) is 1. The summed E-state index contributed by atoms with van der Waals surface area (Å²) in [6, 6.07) is 20.8. The molecule has 5 rings (SSSR count). The van der Waals surface area contributed by atoms with Crippen molar-refractivity contribution in [2.75, 3.05) is 18.2 Å². The molecule has 0 saturated carbocycles. The van der Waals surface area contributed by atoms with Gasteiger partial charge in [-0.2, -0.15) is 0 Å². The Morgan fingerprint density at radius 3 is 2.36 bits per heavy atom. The quantitative estimate of drug-likeness (QED) is 0.411. The summed E-state index contributed by atoms with van der Waals surface area (Å²) in [5.41, 5.74) is 12.9. The Balaban J connectivity index is 1.75. The average molecular weight is 438 g/mol. The average Bonchev–Trinajstić information content (AvgIpc) is 3.10. The minimum atomic E-state index is -0.380. The van der Waals surface area contributed by atoms with Crippen LogP contribution in [0, 0.1) is 13.8 Å². The van der Waals surface area contributed by atoms with Gasteiger partial charge in [0.2, 0.25) is 0 Å². The molecule has 3 N–H and O–H groups in total. The van der Waals surface area contributed by atoms with Crippen molar-refractivity contribution in [1.82, 2.24) is 14.5 Å². The Bertz CT molecular complexity index is 1540. The van der Waals surface area contributed by atoms with Gasteiger partial charge >= 0.3 is 0 Å². The monoisotopic (exact) mass is 437 g/mol. The summed E-state index contributed by atoms with van der Waals surface area (Å²) in [4.78, 5) is 23.1. The topological polar surface area (TPSA) is 95.1 Å². The molecule has 0 atom stereocenters. The fourth-order valence-electron chi connectivity index (χ4n) is 3.94. The van der Waals surface area contributed by atoms with E-state index >= 15 is 0 Å². The Hall–Kier alpha value is -4.39. The number of nitrogens with zero attached hydrogens (tertiary/aromatic N) is 3. The standard InChI is InChI=1S/C26H23N5O2/c1-15-12-13-17(14-16(15)2)31-24(27)22(26(32)30-20-10-6-7-11-21(20)33-3)23-25(31)29-19-9-5-4-8-18(19)28-23/h4-14H,27H2,1-3H3,(H,30,32). The highest BCUT2D eigenvalue weighted by atomic mass is 16.5. The zero-order valence-corrected chi connectivity index (χ0v) is 18.6. The molecular formula is C26H23N5O2. The summed E-state index contributed by atoms with van der Waals surface area (Å²) in [6.07, 6.45) is 0. The van der Waals surface area contributed by atoms with Gasteiger partial charge in [0.05, 0.1) is 23.8 Å². The molecule has 2 aromatic heterocycles. The third-order valence-electron chi connectivity index (χ3n) is 5.83. The number of rotatable bonds is 4. The van der Waals surface area contributed by atoms with E-state index in [1.165, 1.54) is 5.56 Å². The van der Waals surface area contributed by atoms with Crippen LogP contribution in [0.15, 0.2) is 66.7 Å². The molecule has 0 radical (unpaired) electrons. The lowest BCUT2D eigenvalue weighted by molar-refractivity contribution is 0.102. The Morgan fingerprint density at radius 2 is 1.64 bits per heavy atom. The van der Waals surface area contributed by atoms with Crippen molar-refractivity contribution in [3.63, 3.8) is 0 Å². The fraction of sp³-hybridized carbons (Fsp3) is 0.115. The molecular weight excluding hydrogens is 414 g/mol. The normalized spacial score (nSPS) is 11.1. The van der Waals surface area contributed by atoms with Gasteiger partial charge in [-0.25, -0.2) is 9.97 Å². The number of hydrogen-bond donors (Lipinski definition) is 2. The van der Waals surface area contributed by atoms with E-state index in [2.05, 4.69) is 12.2 Å². The molecule has 3 aromatic carbocycles. The van der Waals surface area contributed by atoms with Crippen LogP contribution < -0.4 is 15.8 Å². The molecule has 0 spiro atoms. The number of nitrogens with one attached hydrogen (secondary N) is 1. The largest absolute Gasteiger partial charge is 0.495 e. The molecule has 0 bridgehead atoms. The van der Waals surface area contributed by atoms with E-state index in [1.807, 2.05) is 61.5 Å². The molecule has 0 unspecified atom stereocenters. The van der Waals surface area contributed by atoms with Gasteiger partial charge in [0, 0.05) is 5.69 Å². The molecule has 0 saturated heterocycles. The minimum absolute atomic E-state index is 0.271. The van der Waals surface area contributed by atoms with Crippen LogP contribution in [-0.4, -0.2) is 27.6 Å². The second-order valence-electron chi connectivity index (χ2n) is 7.90. The van der Waals surface area contributed by atoms with Crippen LogP contribution in [0.2, 0.25) is 0 Å². The number of anilines is 2. The molecule has 7 heteroatoms. The maximum Gasteiger partial charge on any atom is 0.261 e. The molecule has 0 aliphatic heterocycles. The minimum Gasteiger partial charge on any atom is -0.495 e. The SMILES string of the molecule is COc1ccccc1NC(=O)c1c(N)n(-c2ccc(C)c(C)c2)c2nc3ccccc3nc12. The van der Waals surface area contributed by atoms with Gasteiger partial charge in [-0.1, -0.05) is 30.3 Å². The van der Waals surface area contributed by atoms with Crippen molar-refractivity contribution < 1.29 is 9.53 Å². The molecule has 0 aliphatic carbocycles. The highest BCUT2D eigenvalue weighted by Crippen LogP contribution is 2.33. The van der Waals surface area contributed by atoms with Gasteiger partial charge in [0.1, 0.15) is 22.6 Å². The number of para-hydroxylation sites is 4. The molecule has 7 nitrogen and oxygen atoms in total. The number of fused-ring (bicyclic) bond motifs is 2. The third-order valence-corrected chi connectivity index (χ3v) is 5.83. The number of nitrogen functional groups attached to an aromatic ring is 1. The maximum atomic E-state index is 13.5. The molecule has 2 heterocycles. The Kier molecular flexibility index (Phi) is 4.94. The van der Waals surface area contributed by atoms with Crippen LogP contribution in [0.25, 0.3) is 27.9 Å². The Morgan fingerprint density at radius 1 is 0.939 bits per heavy atom. The van der Waals surface area contributed by atoms with Crippen molar-refractivity contribution in [3.8, 4) is 11.4 Å². The number of aromatic nitrogens is 3. The van der Waals surface area contributed by atoms with E-state index in [0.29, 0.717) is 28.1 Å². The number of methoxy groups -OCH3 is 1. The summed E-state index contributed by atoms with van der Waals surface area (Å²) in [7, 11) is 1.56. The zero-order valence-electron chi connectivity index (χ0n) is 18.6. The molecule has 0 aliphatic rings. The van der Waals surface area contributed by atoms with Crippen LogP contribution >= 0.6 is 0 Å². The Labute approximate surface area is 190 Å². The summed E-state index contributed by atoms with van der Waals surface area (Å²) >= 11 is 0. The summed E-state index contributed by atoms with van der Waals surface area (Å²) < 4.78 is 7.17. The summed E-state index contributed by atoms with van der Waals surface area (Å²) in [5, 5.41) is 2.92. The molecule has 1 amide bonds. The number of aryl methyl sites for hydroxylation is 2. The smallest absolute Gasteiger partial charge is 0.261 e. The predicted octanol–water partition coefficient (Wildman–Crippen LogP) is 5.03. The van der Waals surface area contributed by atoms with Crippen molar-refractivity contribution in [2.24, 2.45) is 0 Å². The highest BCUT2D eigenvalue weighted by Gasteiger charge is 2.25. The fourth-order valence-corrected chi connectivity index (χ4v) is 3.94. The van der Waals surface area contributed by atoms with Gasteiger partial charge < -0.3 is 15.8 Å². The van der Waals surface area contributed by atoms with E-state index in [4.69, 9.17) is 20.4 Å². The van der Waals surface area contributed by atoms with Gasteiger partial charge in [-0.05, 0) is 61.4 Å². The van der Waals surface area contributed by atoms with E-state index in [-0.39, 0.29) is 17.3 Å². The number of hydrogen-bond acceptors (Lipinski definition) is 5. The third kappa shape index (κ3) is 3.43. The second kappa shape index (κ2) is 7.94. The van der Waals surface area contributed by atoms with Crippen LogP contribution in [0.5, 0.6) is 5.75 Å². The van der Waals surface area contributed by atoms with Crippen LogP contribution in [0.1, 0.15) is 21.5 Å². The van der Waals surface area contributed by atoms with Crippen LogP contribution in [0.4, 0.5) is 11.5 Å². The number of ether oxygens (including phenoxy) is 1. The number of carbonyl (C=O) groups is 1. The first-order chi connectivity index (χ1) is 16.0. The lowest BCUT2D eigenvalue weighted by Gasteiger charge is -2.11. The lowest BCUT2D eigenvalue weighted by Crippen LogP contribution is -2.15. The predicted molar refractivity (Wildman–Crippen MR) is 131 cm³/mol. The van der Waals surface area contributed by atoms with E-state index in [1.54, 1.807) is 23.8 Å². The first-order valence-corrected chi connectivity index (χ1v) is 10.6. The molecule has 33 heavy (non-hydrogen) atoms. The number of benzene rings is 3. The number of carbonyl (C=O) groups excluding carboxylic acids is 1. The molecule has 164 valence electrons. The first-order valence-electron chi connectivity index (χ1n) is 10.6. The highest BCUT2D eigenvalue weighted by molar-refractivity contribution is 6.16. The van der Waals surface area contributed by atoms with Gasteiger partial charge in [0.25, 0.3) is 5.91 Å². The maximum absolute atomic E-state index is 13.5. The van der Waals surface area contributed by atoms with Gasteiger partial charge in [0.15, 0.2) is 5.65 Å². The zero-order chi connectivity index (χ0) is 23.1. The van der Waals surface area contributed by atoms with Crippen LogP contribution in [-0.2, 0) is 0 Å². The molecule has 0 fully saturated rings. The van der Waals surface area contributed by atoms with E-state index in [0.717, 1.165) is 16.8 Å². The summed E-state index contributed by atoms with van der Waals surface area (Å²) in [6.45, 7) is 4.09. The van der Waals surface area contributed by atoms with Crippen molar-refractivity contribution in [1.29, 1.82) is 0 Å². The summed E-state index contributed by atoms with van der Waals surface area (Å²) in [5.74, 6) is 0.448. The second-order valence-corrected chi connectivity index (χ2v) is 7.90.